The zero-order valence-corrected chi connectivity index (χ0v) is 41.5. The number of thiazole rings is 1. The van der Waals surface area contributed by atoms with Crippen LogP contribution in [0.25, 0.3) is 81.7 Å². The Morgan fingerprint density at radius 2 is 1.18 bits per heavy atom. The molecular weight excluding hydrogens is 842 g/mol. The van der Waals surface area contributed by atoms with Crippen molar-refractivity contribution in [2.75, 3.05) is 4.81 Å². The predicted molar refractivity (Wildman–Crippen MR) is 291 cm³/mol. The monoisotopic (exact) mass is 895 g/mol. The topological polar surface area (TPSA) is 21.1 Å². The van der Waals surface area contributed by atoms with Crippen molar-refractivity contribution in [1.29, 1.82) is 0 Å². The molecule has 0 bridgehead atoms. The van der Waals surface area contributed by atoms with Gasteiger partial charge in [0, 0.05) is 49.8 Å². The zero-order valence-electron chi connectivity index (χ0n) is 40.7. The lowest BCUT2D eigenvalue weighted by molar-refractivity contribution is 0.589. The van der Waals surface area contributed by atoms with Crippen LogP contribution in [0.15, 0.2) is 146 Å². The van der Waals surface area contributed by atoms with E-state index in [1.165, 1.54) is 121 Å². The Labute approximate surface area is 404 Å². The van der Waals surface area contributed by atoms with Gasteiger partial charge in [-0.15, -0.1) is 11.3 Å². The summed E-state index contributed by atoms with van der Waals surface area (Å²) in [5.74, 6) is 0. The predicted octanol–water partition coefficient (Wildman–Crippen LogP) is 15.5. The van der Waals surface area contributed by atoms with Gasteiger partial charge in [-0.3, -0.25) is 0 Å². The van der Waals surface area contributed by atoms with E-state index in [4.69, 9.17) is 4.98 Å². The molecule has 5 heteroatoms. The van der Waals surface area contributed by atoms with Gasteiger partial charge in [0.25, 0.3) is 0 Å². The Balaban J connectivity index is 1.12. The Bertz CT molecular complexity index is 3870. The van der Waals surface area contributed by atoms with Gasteiger partial charge in [-0.1, -0.05) is 166 Å². The average molecular weight is 896 g/mol. The fraction of sp³-hybridized carbons (Fsp3) is 0.222. The number of rotatable bonds is 2. The quantitative estimate of drug-likeness (QED) is 0.161. The van der Waals surface area contributed by atoms with E-state index in [0.29, 0.717) is 0 Å². The van der Waals surface area contributed by atoms with Crippen LogP contribution in [0.2, 0.25) is 0 Å². The molecule has 2 aromatic heterocycles. The van der Waals surface area contributed by atoms with Crippen molar-refractivity contribution in [3.8, 4) is 49.6 Å². The first-order chi connectivity index (χ1) is 32.5. The van der Waals surface area contributed by atoms with Gasteiger partial charge < -0.3 is 9.38 Å². The minimum absolute atomic E-state index is 0.0278. The molecule has 330 valence electrons. The summed E-state index contributed by atoms with van der Waals surface area (Å²) in [6.07, 6.45) is 0. The van der Waals surface area contributed by atoms with Crippen LogP contribution in [0.5, 0.6) is 0 Å². The lowest BCUT2D eigenvalue weighted by atomic mass is 9.44. The number of hydrogen-bond acceptors (Lipinski definition) is 3. The van der Waals surface area contributed by atoms with Crippen LogP contribution in [0.4, 0.5) is 11.4 Å². The number of anilines is 2. The number of hydrogen-bond donors (Lipinski definition) is 0. The molecule has 4 heterocycles. The second kappa shape index (κ2) is 13.1. The van der Waals surface area contributed by atoms with Crippen LogP contribution in [-0.2, 0) is 21.7 Å². The first kappa shape index (κ1) is 40.4. The van der Waals surface area contributed by atoms with E-state index in [1.54, 1.807) is 11.3 Å². The van der Waals surface area contributed by atoms with Crippen molar-refractivity contribution >= 4 is 72.5 Å². The second-order valence-corrected chi connectivity index (χ2v) is 24.3. The summed E-state index contributed by atoms with van der Waals surface area (Å²) in [7, 11) is 0. The van der Waals surface area contributed by atoms with Crippen molar-refractivity contribution in [2.24, 2.45) is 0 Å². The van der Waals surface area contributed by atoms with E-state index in [1.807, 2.05) is 0 Å². The van der Waals surface area contributed by atoms with Gasteiger partial charge in [0.05, 0.1) is 21.3 Å². The third-order valence-corrected chi connectivity index (χ3v) is 17.6. The second-order valence-electron chi connectivity index (χ2n) is 23.2. The number of nitrogens with zero attached hydrogens (tertiary/aromatic N) is 3. The van der Waals surface area contributed by atoms with Crippen molar-refractivity contribution < 1.29 is 0 Å². The summed E-state index contributed by atoms with van der Waals surface area (Å²) in [6.45, 7) is 23.5. The number of benzene rings is 8. The maximum absolute atomic E-state index is 5.43. The first-order valence-corrected chi connectivity index (χ1v) is 25.3. The lowest BCUT2D eigenvalue weighted by Crippen LogP contribution is -2.60. The molecule has 0 N–H and O–H groups in total. The van der Waals surface area contributed by atoms with Gasteiger partial charge in [0.2, 0.25) is 0 Å². The molecule has 14 rings (SSSR count). The molecular formula is C63H54BN3S. The third kappa shape index (κ3) is 5.23. The molecule has 2 aliphatic carbocycles. The molecule has 68 heavy (non-hydrogen) atoms. The summed E-state index contributed by atoms with van der Waals surface area (Å²) in [5.41, 5.74) is 27.3. The summed E-state index contributed by atoms with van der Waals surface area (Å²) >= 11 is 1.80. The fourth-order valence-corrected chi connectivity index (χ4v) is 13.8. The summed E-state index contributed by atoms with van der Waals surface area (Å²) in [4.78, 5) is 8.14. The molecule has 3 nitrogen and oxygen atoms in total. The maximum atomic E-state index is 5.43. The molecule has 0 fully saturated rings. The van der Waals surface area contributed by atoms with Crippen LogP contribution in [0, 0.1) is 0 Å². The molecule has 0 saturated heterocycles. The average Bonchev–Trinajstić information content (AvgIpc) is 4.02. The SMILES string of the molecule is CC(C)(C)c1ccc(N2B3c4cc5nc(-c6ccccc6)sc5cc4-n4c5cc6c(cc5c5ccc(c3c54)-c3cc4c(cc32)C(C)(C)c2ccc(C(C)(C)C)cc2-4)C(C)(C)c2ccccc2-6)cc1. The van der Waals surface area contributed by atoms with E-state index in [9.17, 15) is 0 Å². The van der Waals surface area contributed by atoms with E-state index < -0.39 is 0 Å². The number of aromatic nitrogens is 2. The van der Waals surface area contributed by atoms with Gasteiger partial charge in [0.15, 0.2) is 0 Å². The largest absolute Gasteiger partial charge is 0.376 e. The first-order valence-electron chi connectivity index (χ1n) is 24.5. The molecule has 8 aromatic carbocycles. The van der Waals surface area contributed by atoms with Gasteiger partial charge >= 0.3 is 6.85 Å². The Morgan fingerprint density at radius 1 is 0.515 bits per heavy atom. The highest BCUT2D eigenvalue weighted by Crippen LogP contribution is 2.56. The van der Waals surface area contributed by atoms with E-state index in [2.05, 4.69) is 224 Å². The van der Waals surface area contributed by atoms with Gasteiger partial charge in [0.1, 0.15) is 5.01 Å². The molecule has 4 aliphatic rings. The molecule has 0 amide bonds. The standard InChI is InChI=1S/C63H54BN3S/c1-60(2,3)36-20-23-38(24-21-36)67-54-32-50-43(42-28-37(61(4,5)6)22-27-48(42)63(50,9)10)29-45(54)40-25-26-41-46-30-49-44(39-18-14-15-19-47(39)62(49,7)8)31-53(46)66-55-34-56-52(33-51(55)64(67)57(40)58(41)66)65-59(68-56)35-16-12-11-13-17-35/h11-34H,1-10H3. The molecule has 0 unspecified atom stereocenters. The third-order valence-electron chi connectivity index (χ3n) is 16.5. The Hall–Kier alpha value is -6.69. The van der Waals surface area contributed by atoms with E-state index in [-0.39, 0.29) is 28.5 Å². The van der Waals surface area contributed by atoms with E-state index in [0.717, 1.165) is 16.1 Å². The molecule has 0 atom stereocenters. The van der Waals surface area contributed by atoms with Crippen LogP contribution < -0.4 is 15.7 Å². The van der Waals surface area contributed by atoms with Crippen molar-refractivity contribution in [3.63, 3.8) is 0 Å². The molecule has 0 saturated carbocycles. The highest BCUT2D eigenvalue weighted by Gasteiger charge is 2.47. The summed E-state index contributed by atoms with van der Waals surface area (Å²) in [5, 5.41) is 3.68. The van der Waals surface area contributed by atoms with Gasteiger partial charge in [-0.05, 0) is 131 Å². The molecule has 0 radical (unpaired) electrons. The Morgan fingerprint density at radius 3 is 1.93 bits per heavy atom. The van der Waals surface area contributed by atoms with Crippen LogP contribution in [0.3, 0.4) is 0 Å². The molecule has 2 aliphatic heterocycles. The van der Waals surface area contributed by atoms with Gasteiger partial charge in [-0.25, -0.2) is 4.98 Å². The minimum Gasteiger partial charge on any atom is -0.376 e. The molecule has 10 aromatic rings. The van der Waals surface area contributed by atoms with Crippen molar-refractivity contribution in [2.45, 2.75) is 90.9 Å². The van der Waals surface area contributed by atoms with Crippen LogP contribution in [0.1, 0.15) is 103 Å². The minimum atomic E-state index is -0.174. The normalized spacial score (nSPS) is 15.7. The van der Waals surface area contributed by atoms with Crippen LogP contribution >= 0.6 is 11.3 Å². The van der Waals surface area contributed by atoms with Crippen molar-refractivity contribution in [1.82, 2.24) is 9.55 Å². The fourth-order valence-electron chi connectivity index (χ4n) is 12.8. The zero-order chi connectivity index (χ0) is 46.6. The Kier molecular flexibility index (Phi) is 7.78. The highest BCUT2D eigenvalue weighted by atomic mass is 32.1. The highest BCUT2D eigenvalue weighted by molar-refractivity contribution is 7.21. The lowest BCUT2D eigenvalue weighted by Gasteiger charge is -2.42. The van der Waals surface area contributed by atoms with Gasteiger partial charge in [-0.2, -0.15) is 0 Å². The number of fused-ring (bicyclic) bond motifs is 15. The smallest absolute Gasteiger partial charge is 0.333 e. The van der Waals surface area contributed by atoms with Crippen LogP contribution in [-0.4, -0.2) is 16.4 Å². The summed E-state index contributed by atoms with van der Waals surface area (Å²) in [6, 6.07) is 56.6. The van der Waals surface area contributed by atoms with Crippen molar-refractivity contribution in [3.05, 3.63) is 179 Å². The maximum Gasteiger partial charge on any atom is 0.333 e. The van der Waals surface area contributed by atoms with E-state index >= 15 is 0 Å². The summed E-state index contributed by atoms with van der Waals surface area (Å²) < 4.78 is 3.85. The molecule has 0 spiro atoms.